The fourth-order valence-electron chi connectivity index (χ4n) is 3.89. The number of carbonyl (C=O) groups excluding carboxylic acids is 1. The number of aromatic amines is 1. The van der Waals surface area contributed by atoms with Crippen LogP contribution in [0.2, 0.25) is 0 Å². The maximum absolute atomic E-state index is 12.0. The minimum absolute atomic E-state index is 0.453. The summed E-state index contributed by atoms with van der Waals surface area (Å²) in [7, 11) is 0. The van der Waals surface area contributed by atoms with Gasteiger partial charge in [0.2, 0.25) is 0 Å². The van der Waals surface area contributed by atoms with Crippen LogP contribution in [-0.2, 0) is 0 Å². The van der Waals surface area contributed by atoms with E-state index in [0.29, 0.717) is 17.2 Å². The Bertz CT molecular complexity index is 974. The van der Waals surface area contributed by atoms with Crippen molar-refractivity contribution in [2.45, 2.75) is 39.0 Å². The molecule has 2 aromatic carbocycles. The number of nitrogens with one attached hydrogen (secondary N) is 2. The molecule has 3 aromatic rings. The molecule has 1 fully saturated rings. The van der Waals surface area contributed by atoms with Crippen molar-refractivity contribution in [3.05, 3.63) is 59.3 Å². The molecule has 1 amide bonds. The Hall–Kier alpha value is -2.44. The van der Waals surface area contributed by atoms with E-state index >= 15 is 0 Å². The number of carbonyl (C=O) groups is 1. The van der Waals surface area contributed by atoms with Crippen LogP contribution in [0.15, 0.2) is 42.6 Å². The fraction of sp³-hybridized carbons (Fsp3) is 0.375. The third-order valence-electron chi connectivity index (χ3n) is 5.33. The molecule has 6 heteroatoms. The molecule has 4 N–H and O–H groups in total. The zero-order valence-electron chi connectivity index (χ0n) is 17.7. The Morgan fingerprint density at radius 2 is 1.90 bits per heavy atom. The van der Waals surface area contributed by atoms with E-state index < -0.39 is 5.91 Å². The first-order valence-corrected chi connectivity index (χ1v) is 11.2. The highest BCUT2D eigenvalue weighted by Crippen LogP contribution is 2.36. The zero-order valence-corrected chi connectivity index (χ0v) is 18.6. The molecule has 0 saturated carbocycles. The third kappa shape index (κ3) is 5.37. The molecule has 0 bridgehead atoms. The Kier molecular flexibility index (Phi) is 7.82. The number of aromatic nitrogens is 1. The molecule has 30 heavy (non-hydrogen) atoms. The van der Waals surface area contributed by atoms with Crippen LogP contribution in [0.4, 0.5) is 0 Å². The van der Waals surface area contributed by atoms with Gasteiger partial charge < -0.3 is 20.8 Å². The molecule has 0 radical (unpaired) electrons. The number of fused-ring (bicyclic) bond motifs is 1. The number of aryl methyl sites for hydroxylation is 1. The lowest BCUT2D eigenvalue weighted by Crippen LogP contribution is -2.13. The van der Waals surface area contributed by atoms with Crippen LogP contribution in [0.3, 0.4) is 0 Å². The van der Waals surface area contributed by atoms with E-state index in [-0.39, 0.29) is 0 Å². The molecule has 1 unspecified atom stereocenters. The third-order valence-corrected chi connectivity index (χ3v) is 5.33. The van der Waals surface area contributed by atoms with Gasteiger partial charge in [-0.2, -0.15) is 12.6 Å². The molecule has 1 atom stereocenters. The maximum Gasteiger partial charge on any atom is 0.250 e. The molecule has 0 spiro atoms. The summed E-state index contributed by atoms with van der Waals surface area (Å²) in [6.07, 6.45) is 5.40. The van der Waals surface area contributed by atoms with Crippen molar-refractivity contribution in [1.82, 2.24) is 10.3 Å². The smallest absolute Gasteiger partial charge is 0.250 e. The monoisotopic (exact) mass is 425 g/mol. The van der Waals surface area contributed by atoms with Crippen LogP contribution in [0.25, 0.3) is 10.9 Å². The van der Waals surface area contributed by atoms with Gasteiger partial charge in [0, 0.05) is 11.6 Å². The van der Waals surface area contributed by atoms with Gasteiger partial charge in [-0.15, -0.1) is 0 Å². The summed E-state index contributed by atoms with van der Waals surface area (Å²) in [6, 6.07) is 11.6. The number of rotatable bonds is 4. The summed E-state index contributed by atoms with van der Waals surface area (Å²) >= 11 is 3.79. The minimum Gasteiger partial charge on any atom is -0.457 e. The molecule has 1 aliphatic rings. The summed E-state index contributed by atoms with van der Waals surface area (Å²) in [6.45, 7) is 6.10. The van der Waals surface area contributed by atoms with Crippen molar-refractivity contribution in [3.63, 3.8) is 0 Å². The van der Waals surface area contributed by atoms with Crippen molar-refractivity contribution >= 4 is 29.4 Å². The molecule has 4 rings (SSSR count). The second-order valence-corrected chi connectivity index (χ2v) is 8.24. The lowest BCUT2D eigenvalue weighted by atomic mass is 9.91. The second kappa shape index (κ2) is 10.5. The van der Waals surface area contributed by atoms with Gasteiger partial charge in [-0.3, -0.25) is 4.79 Å². The van der Waals surface area contributed by atoms with Gasteiger partial charge in [-0.1, -0.05) is 24.6 Å². The van der Waals surface area contributed by atoms with Crippen LogP contribution < -0.4 is 15.8 Å². The van der Waals surface area contributed by atoms with Crippen molar-refractivity contribution in [2.24, 2.45) is 5.73 Å². The number of hydrogen-bond donors (Lipinski definition) is 4. The Balaban J connectivity index is 0.000000806. The predicted octanol–water partition coefficient (Wildman–Crippen LogP) is 5.16. The molecule has 2 heterocycles. The topological polar surface area (TPSA) is 80.1 Å². The zero-order chi connectivity index (χ0) is 21.5. The number of benzene rings is 2. The predicted molar refractivity (Wildman–Crippen MR) is 127 cm³/mol. The van der Waals surface area contributed by atoms with E-state index in [0.717, 1.165) is 54.8 Å². The fourth-order valence-corrected chi connectivity index (χ4v) is 3.89. The van der Waals surface area contributed by atoms with Gasteiger partial charge >= 0.3 is 0 Å². The number of primary amides is 1. The van der Waals surface area contributed by atoms with Gasteiger partial charge in [-0.05, 0) is 80.8 Å². The minimum atomic E-state index is -0.453. The lowest BCUT2D eigenvalue weighted by Gasteiger charge is -2.14. The van der Waals surface area contributed by atoms with E-state index in [1.807, 2.05) is 50.4 Å². The Morgan fingerprint density at radius 3 is 2.60 bits per heavy atom. The molecular formula is C24H31N3O2S. The van der Waals surface area contributed by atoms with Crippen LogP contribution in [0, 0.1) is 6.92 Å². The Labute approximate surface area is 183 Å². The molecule has 160 valence electrons. The quantitative estimate of drug-likeness (QED) is 0.436. The molecule has 1 aliphatic heterocycles. The highest BCUT2D eigenvalue weighted by Gasteiger charge is 2.21. The first kappa shape index (κ1) is 22.2. The number of thiol groups is 1. The van der Waals surface area contributed by atoms with Gasteiger partial charge in [0.05, 0.1) is 11.1 Å². The number of H-pyrrole nitrogens is 1. The first-order valence-electron chi connectivity index (χ1n) is 10.5. The largest absolute Gasteiger partial charge is 0.457 e. The van der Waals surface area contributed by atoms with Crippen LogP contribution in [-0.4, -0.2) is 29.7 Å². The standard InChI is InChI=1S/C22H25N3O2.C2H6S/c1-14-4-6-16(7-5-14)27-17-11-18-20(15-3-2-9-24-10-8-15)13-25-21(18)19(12-17)22(23)26;1-2-3/h4-7,11-13,15,24-25H,2-3,8-10H2,1H3,(H2,23,26);3H,2H2,1H3. The normalized spacial score (nSPS) is 16.4. The summed E-state index contributed by atoms with van der Waals surface area (Å²) in [5.41, 5.74) is 9.33. The van der Waals surface area contributed by atoms with Crippen molar-refractivity contribution < 1.29 is 9.53 Å². The van der Waals surface area contributed by atoms with E-state index in [1.54, 1.807) is 6.07 Å². The van der Waals surface area contributed by atoms with Crippen LogP contribution in [0.1, 0.15) is 53.6 Å². The van der Waals surface area contributed by atoms with Crippen LogP contribution in [0.5, 0.6) is 11.5 Å². The second-order valence-electron chi connectivity index (χ2n) is 7.61. The number of amides is 1. The van der Waals surface area contributed by atoms with Gasteiger partial charge in [0.25, 0.3) is 5.91 Å². The van der Waals surface area contributed by atoms with Crippen LogP contribution >= 0.6 is 12.6 Å². The van der Waals surface area contributed by atoms with Crippen molar-refractivity contribution in [1.29, 1.82) is 0 Å². The van der Waals surface area contributed by atoms with Gasteiger partial charge in [0.15, 0.2) is 0 Å². The highest BCUT2D eigenvalue weighted by molar-refractivity contribution is 7.80. The molecule has 5 nitrogen and oxygen atoms in total. The highest BCUT2D eigenvalue weighted by atomic mass is 32.1. The molecule has 1 saturated heterocycles. The number of ether oxygens (including phenoxy) is 1. The van der Waals surface area contributed by atoms with E-state index in [2.05, 4.69) is 22.9 Å². The average Bonchev–Trinajstić information content (AvgIpc) is 2.95. The van der Waals surface area contributed by atoms with E-state index in [9.17, 15) is 4.79 Å². The number of hydrogen-bond acceptors (Lipinski definition) is 4. The lowest BCUT2D eigenvalue weighted by molar-refractivity contribution is 0.100. The summed E-state index contributed by atoms with van der Waals surface area (Å²) in [5, 5.41) is 4.48. The maximum atomic E-state index is 12.0. The molecular weight excluding hydrogens is 394 g/mol. The van der Waals surface area contributed by atoms with Crippen molar-refractivity contribution in [2.75, 3.05) is 18.8 Å². The molecule has 1 aromatic heterocycles. The van der Waals surface area contributed by atoms with E-state index in [4.69, 9.17) is 10.5 Å². The summed E-state index contributed by atoms with van der Waals surface area (Å²) in [4.78, 5) is 15.3. The summed E-state index contributed by atoms with van der Waals surface area (Å²) < 4.78 is 6.03. The van der Waals surface area contributed by atoms with Gasteiger partial charge in [-0.25, -0.2) is 0 Å². The Morgan fingerprint density at radius 1 is 1.17 bits per heavy atom. The first-order chi connectivity index (χ1) is 14.5. The van der Waals surface area contributed by atoms with Crippen molar-refractivity contribution in [3.8, 4) is 11.5 Å². The SMILES string of the molecule is CCS.Cc1ccc(Oc2cc(C(N)=O)c3[nH]cc(C4CCCNCC4)c3c2)cc1. The molecule has 0 aliphatic carbocycles. The summed E-state index contributed by atoms with van der Waals surface area (Å²) in [5.74, 6) is 2.33. The average molecular weight is 426 g/mol. The van der Waals surface area contributed by atoms with Gasteiger partial charge in [0.1, 0.15) is 11.5 Å². The van der Waals surface area contributed by atoms with E-state index in [1.165, 1.54) is 11.1 Å². The number of nitrogens with two attached hydrogens (primary N) is 1.